The maximum Gasteiger partial charge on any atom is 0.232 e. The van der Waals surface area contributed by atoms with Crippen molar-refractivity contribution in [2.24, 2.45) is 7.05 Å². The molecule has 1 aliphatic heterocycles. The van der Waals surface area contributed by atoms with Crippen LogP contribution in [0, 0.1) is 0 Å². The molecule has 0 aromatic carbocycles. The van der Waals surface area contributed by atoms with Gasteiger partial charge < -0.3 is 9.47 Å². The van der Waals surface area contributed by atoms with Crippen molar-refractivity contribution in [2.45, 2.75) is 12.6 Å². The van der Waals surface area contributed by atoms with Crippen LogP contribution >= 0.6 is 0 Å². The molecular formula is C14H19N5O2. The molecule has 112 valence electrons. The van der Waals surface area contributed by atoms with Gasteiger partial charge in [0.05, 0.1) is 25.6 Å². The summed E-state index contributed by atoms with van der Waals surface area (Å²) >= 11 is 0. The van der Waals surface area contributed by atoms with Gasteiger partial charge in [-0.05, 0) is 0 Å². The Bertz CT molecular complexity index is 560. The summed E-state index contributed by atoms with van der Waals surface area (Å²) in [6.07, 6.45) is 8.76. The molecule has 1 unspecified atom stereocenters. The predicted molar refractivity (Wildman–Crippen MR) is 75.8 cm³/mol. The zero-order chi connectivity index (χ0) is 14.5. The number of aryl methyl sites for hydroxylation is 1. The van der Waals surface area contributed by atoms with E-state index in [9.17, 15) is 0 Å². The molecule has 3 rings (SSSR count). The van der Waals surface area contributed by atoms with E-state index in [0.29, 0.717) is 19.1 Å². The van der Waals surface area contributed by atoms with Crippen LogP contribution in [0.2, 0.25) is 0 Å². The lowest BCUT2D eigenvalue weighted by Crippen LogP contribution is -2.35. The van der Waals surface area contributed by atoms with Crippen LogP contribution in [0.5, 0.6) is 5.88 Å². The molecule has 0 spiro atoms. The first-order chi connectivity index (χ1) is 10.3. The second kappa shape index (κ2) is 6.64. The number of ether oxygens (including phenoxy) is 2. The predicted octanol–water partition coefficient (Wildman–Crippen LogP) is 0.490. The average Bonchev–Trinajstić information content (AvgIpc) is 2.76. The maximum atomic E-state index is 5.85. The third-order valence-electron chi connectivity index (χ3n) is 3.31. The van der Waals surface area contributed by atoms with Gasteiger partial charge in [0.2, 0.25) is 5.88 Å². The lowest BCUT2D eigenvalue weighted by atomic mass is 10.3. The molecule has 0 bridgehead atoms. The van der Waals surface area contributed by atoms with Crippen molar-refractivity contribution in [1.82, 2.24) is 24.6 Å². The molecule has 2 aromatic heterocycles. The van der Waals surface area contributed by atoms with Gasteiger partial charge in [-0.3, -0.25) is 14.6 Å². The van der Waals surface area contributed by atoms with E-state index in [1.165, 1.54) is 5.56 Å². The van der Waals surface area contributed by atoms with E-state index in [4.69, 9.17) is 9.47 Å². The Hall–Kier alpha value is -1.99. The molecule has 0 N–H and O–H groups in total. The molecule has 3 heterocycles. The lowest BCUT2D eigenvalue weighted by Gasteiger charge is -2.22. The van der Waals surface area contributed by atoms with Crippen molar-refractivity contribution in [3.8, 4) is 5.88 Å². The zero-order valence-corrected chi connectivity index (χ0v) is 12.1. The van der Waals surface area contributed by atoms with Crippen LogP contribution in [0.4, 0.5) is 0 Å². The summed E-state index contributed by atoms with van der Waals surface area (Å²) in [4.78, 5) is 10.5. The summed E-state index contributed by atoms with van der Waals surface area (Å²) in [5, 5.41) is 4.20. The monoisotopic (exact) mass is 289 g/mol. The first kappa shape index (κ1) is 14.0. The van der Waals surface area contributed by atoms with Crippen molar-refractivity contribution in [2.75, 3.05) is 26.3 Å². The van der Waals surface area contributed by atoms with E-state index < -0.39 is 0 Å². The Labute approximate surface area is 123 Å². The smallest absolute Gasteiger partial charge is 0.232 e. The van der Waals surface area contributed by atoms with E-state index >= 15 is 0 Å². The molecule has 1 fully saturated rings. The molecule has 0 amide bonds. The first-order valence-electron chi connectivity index (χ1n) is 7.00. The van der Waals surface area contributed by atoms with Gasteiger partial charge in [-0.25, -0.2) is 4.98 Å². The van der Waals surface area contributed by atoms with Crippen LogP contribution in [0.25, 0.3) is 0 Å². The van der Waals surface area contributed by atoms with Gasteiger partial charge in [-0.2, -0.15) is 5.10 Å². The summed E-state index contributed by atoms with van der Waals surface area (Å²) in [5.41, 5.74) is 1.19. The van der Waals surface area contributed by atoms with Crippen molar-refractivity contribution < 1.29 is 9.47 Å². The molecule has 21 heavy (non-hydrogen) atoms. The highest BCUT2D eigenvalue weighted by Gasteiger charge is 2.21. The van der Waals surface area contributed by atoms with E-state index in [2.05, 4.69) is 20.0 Å². The minimum atomic E-state index is -0.0409. The summed E-state index contributed by atoms with van der Waals surface area (Å²) in [5.74, 6) is 0.536. The Kier molecular flexibility index (Phi) is 4.42. The Morgan fingerprint density at radius 1 is 1.38 bits per heavy atom. The molecule has 7 heteroatoms. The van der Waals surface area contributed by atoms with E-state index in [-0.39, 0.29) is 6.10 Å². The summed E-state index contributed by atoms with van der Waals surface area (Å²) in [6, 6.07) is 0. The molecular weight excluding hydrogens is 270 g/mol. The second-order valence-electron chi connectivity index (χ2n) is 5.12. The van der Waals surface area contributed by atoms with Gasteiger partial charge in [0, 0.05) is 50.8 Å². The molecule has 0 saturated carbocycles. The molecule has 0 aliphatic carbocycles. The summed E-state index contributed by atoms with van der Waals surface area (Å²) < 4.78 is 13.3. The quantitative estimate of drug-likeness (QED) is 0.816. The fourth-order valence-electron chi connectivity index (χ4n) is 2.38. The van der Waals surface area contributed by atoms with Gasteiger partial charge in [0.15, 0.2) is 0 Å². The minimum Gasteiger partial charge on any atom is -0.469 e. The third kappa shape index (κ3) is 3.99. The Morgan fingerprint density at radius 2 is 2.33 bits per heavy atom. The van der Waals surface area contributed by atoms with Crippen LogP contribution in [0.15, 0.2) is 31.0 Å². The standard InChI is InChI=1S/C14H19N5O2/c1-18-8-12(6-17-18)9-19-4-5-20-11-13(10-19)21-14-7-15-2-3-16-14/h2-3,6-8,13H,4-5,9-11H2,1H3. The normalized spacial score (nSPS) is 20.1. The average molecular weight is 289 g/mol. The molecule has 2 aromatic rings. The van der Waals surface area contributed by atoms with Crippen molar-refractivity contribution in [3.05, 3.63) is 36.5 Å². The molecule has 1 saturated heterocycles. The third-order valence-corrected chi connectivity index (χ3v) is 3.31. The van der Waals surface area contributed by atoms with E-state index in [0.717, 1.165) is 19.6 Å². The number of hydrogen-bond donors (Lipinski definition) is 0. The van der Waals surface area contributed by atoms with E-state index in [1.807, 2.05) is 24.1 Å². The second-order valence-corrected chi connectivity index (χ2v) is 5.12. The van der Waals surface area contributed by atoms with Crippen molar-refractivity contribution in [3.63, 3.8) is 0 Å². The van der Waals surface area contributed by atoms with Gasteiger partial charge in [0.1, 0.15) is 6.10 Å². The number of aromatic nitrogens is 4. The van der Waals surface area contributed by atoms with Gasteiger partial charge in [0.25, 0.3) is 0 Å². The topological polar surface area (TPSA) is 65.3 Å². The summed E-state index contributed by atoms with van der Waals surface area (Å²) in [6.45, 7) is 3.80. The van der Waals surface area contributed by atoms with Crippen molar-refractivity contribution >= 4 is 0 Å². The van der Waals surface area contributed by atoms with Gasteiger partial charge in [-0.15, -0.1) is 0 Å². The highest BCUT2D eigenvalue weighted by Crippen LogP contribution is 2.11. The minimum absolute atomic E-state index is 0.0409. The van der Waals surface area contributed by atoms with Gasteiger partial charge >= 0.3 is 0 Å². The summed E-state index contributed by atoms with van der Waals surface area (Å²) in [7, 11) is 1.93. The Balaban J connectivity index is 1.60. The maximum absolute atomic E-state index is 5.85. The van der Waals surface area contributed by atoms with Crippen LogP contribution in [-0.2, 0) is 18.3 Å². The number of rotatable bonds is 4. The van der Waals surface area contributed by atoms with Gasteiger partial charge in [-0.1, -0.05) is 0 Å². The molecule has 0 radical (unpaired) electrons. The number of nitrogens with zero attached hydrogens (tertiary/aromatic N) is 5. The fraction of sp³-hybridized carbons (Fsp3) is 0.500. The SMILES string of the molecule is Cn1cc(CN2CCOCC(Oc3cnccn3)C2)cn1. The van der Waals surface area contributed by atoms with E-state index in [1.54, 1.807) is 18.6 Å². The molecule has 1 aliphatic rings. The Morgan fingerprint density at radius 3 is 3.10 bits per heavy atom. The highest BCUT2D eigenvalue weighted by molar-refractivity contribution is 5.04. The van der Waals surface area contributed by atoms with Crippen molar-refractivity contribution in [1.29, 1.82) is 0 Å². The first-order valence-corrected chi connectivity index (χ1v) is 7.00. The molecule has 1 atom stereocenters. The van der Waals surface area contributed by atoms with Crippen LogP contribution < -0.4 is 4.74 Å². The number of hydrogen-bond acceptors (Lipinski definition) is 6. The van der Waals surface area contributed by atoms with Crippen LogP contribution in [-0.4, -0.2) is 57.1 Å². The fourth-order valence-corrected chi connectivity index (χ4v) is 2.38. The largest absolute Gasteiger partial charge is 0.469 e. The zero-order valence-electron chi connectivity index (χ0n) is 12.1. The van der Waals surface area contributed by atoms with Crippen LogP contribution in [0.3, 0.4) is 0 Å². The molecule has 7 nitrogen and oxygen atoms in total. The lowest BCUT2D eigenvalue weighted by molar-refractivity contribution is 0.0681. The van der Waals surface area contributed by atoms with Crippen LogP contribution in [0.1, 0.15) is 5.56 Å². The highest BCUT2D eigenvalue weighted by atomic mass is 16.5.